The molecule has 0 saturated heterocycles. The summed E-state index contributed by atoms with van der Waals surface area (Å²) in [5, 5.41) is 1.60. The van der Waals surface area contributed by atoms with E-state index in [0.29, 0.717) is 11.0 Å². The number of halogens is 3. The number of hydrogen-bond acceptors (Lipinski definition) is 2. The second kappa shape index (κ2) is 4.20. The molecule has 5 heteroatoms. The Labute approximate surface area is 111 Å². The third kappa shape index (κ3) is 1.89. The minimum absolute atomic E-state index is 0.0844. The van der Waals surface area contributed by atoms with Crippen LogP contribution in [0.5, 0.6) is 0 Å². The summed E-state index contributed by atoms with van der Waals surface area (Å²) in [6.45, 7) is 0. The highest BCUT2D eigenvalue weighted by molar-refractivity contribution is 7.98. The van der Waals surface area contributed by atoms with Crippen LogP contribution in [-0.4, -0.2) is 6.26 Å². The van der Waals surface area contributed by atoms with Gasteiger partial charge in [0.25, 0.3) is 0 Å². The molecule has 3 aromatic rings. The van der Waals surface area contributed by atoms with Crippen molar-refractivity contribution in [2.24, 2.45) is 0 Å². The number of thioether (sulfide) groups is 1. The van der Waals surface area contributed by atoms with E-state index in [1.807, 2.05) is 12.1 Å². The van der Waals surface area contributed by atoms with Gasteiger partial charge in [0, 0.05) is 10.8 Å². The van der Waals surface area contributed by atoms with E-state index >= 15 is 0 Å². The van der Waals surface area contributed by atoms with Crippen LogP contribution in [-0.2, 0) is 6.18 Å². The topological polar surface area (TPSA) is 13.1 Å². The van der Waals surface area contributed by atoms with Crippen molar-refractivity contribution in [1.29, 1.82) is 0 Å². The van der Waals surface area contributed by atoms with Gasteiger partial charge >= 0.3 is 6.18 Å². The van der Waals surface area contributed by atoms with Gasteiger partial charge in [-0.05, 0) is 17.7 Å². The van der Waals surface area contributed by atoms with Crippen LogP contribution in [0.2, 0.25) is 0 Å². The molecule has 0 amide bonds. The van der Waals surface area contributed by atoms with E-state index in [2.05, 4.69) is 0 Å². The maximum absolute atomic E-state index is 13.1. The number of alkyl halides is 3. The number of hydrogen-bond donors (Lipinski definition) is 0. The first kappa shape index (κ1) is 12.4. The maximum Gasteiger partial charge on any atom is 0.421 e. The fourth-order valence-electron chi connectivity index (χ4n) is 2.22. The molecule has 0 aliphatic rings. The Morgan fingerprint density at radius 1 is 1.00 bits per heavy atom. The molecule has 0 bridgehead atoms. The number of fused-ring (bicyclic) bond motifs is 3. The highest BCUT2D eigenvalue weighted by Crippen LogP contribution is 2.44. The van der Waals surface area contributed by atoms with Crippen LogP contribution in [0.15, 0.2) is 45.9 Å². The van der Waals surface area contributed by atoms with Crippen molar-refractivity contribution in [2.45, 2.75) is 11.3 Å². The summed E-state index contributed by atoms with van der Waals surface area (Å²) >= 11 is 0.970. The van der Waals surface area contributed by atoms with Crippen LogP contribution >= 0.6 is 11.8 Å². The van der Waals surface area contributed by atoms with Gasteiger partial charge in [0.05, 0.1) is 0 Å². The second-order valence-electron chi connectivity index (χ2n) is 4.13. The Hall–Kier alpha value is -1.62. The molecular weight excluding hydrogens is 273 g/mol. The van der Waals surface area contributed by atoms with E-state index in [0.717, 1.165) is 17.1 Å². The maximum atomic E-state index is 13.1. The van der Waals surface area contributed by atoms with E-state index in [1.54, 1.807) is 24.5 Å². The quantitative estimate of drug-likeness (QED) is 0.560. The lowest BCUT2D eigenvalue weighted by atomic mass is 10.1. The zero-order valence-electron chi connectivity index (χ0n) is 9.91. The van der Waals surface area contributed by atoms with Crippen molar-refractivity contribution in [3.8, 4) is 0 Å². The smallest absolute Gasteiger partial charge is 0.421 e. The molecule has 19 heavy (non-hydrogen) atoms. The monoisotopic (exact) mass is 282 g/mol. The molecule has 0 radical (unpaired) electrons. The van der Waals surface area contributed by atoms with E-state index in [4.69, 9.17) is 4.42 Å². The Morgan fingerprint density at radius 2 is 1.74 bits per heavy atom. The molecule has 1 nitrogen and oxygen atoms in total. The zero-order chi connectivity index (χ0) is 13.6. The molecule has 0 atom stereocenters. The predicted molar refractivity (Wildman–Crippen MR) is 70.5 cm³/mol. The molecule has 1 aromatic heterocycles. The van der Waals surface area contributed by atoms with Crippen LogP contribution < -0.4 is 0 Å². The van der Waals surface area contributed by atoms with E-state index < -0.39 is 11.7 Å². The predicted octanol–water partition coefficient (Wildman–Crippen LogP) is 5.33. The molecule has 0 spiro atoms. The van der Waals surface area contributed by atoms with Gasteiger partial charge in [-0.2, -0.15) is 13.2 Å². The third-order valence-corrected chi connectivity index (χ3v) is 3.67. The van der Waals surface area contributed by atoms with Gasteiger partial charge in [-0.15, -0.1) is 0 Å². The lowest BCUT2D eigenvalue weighted by Gasteiger charge is -2.05. The van der Waals surface area contributed by atoms with Crippen LogP contribution in [0.3, 0.4) is 0 Å². The minimum Gasteiger partial charge on any atom is -0.449 e. The van der Waals surface area contributed by atoms with Crippen molar-refractivity contribution in [1.82, 2.24) is 0 Å². The molecule has 3 rings (SSSR count). The van der Waals surface area contributed by atoms with Gasteiger partial charge in [-0.25, -0.2) is 0 Å². The Balaban J connectivity index is 2.47. The summed E-state index contributed by atoms with van der Waals surface area (Å²) in [7, 11) is 0. The highest BCUT2D eigenvalue weighted by Gasteiger charge is 2.38. The third-order valence-electron chi connectivity index (χ3n) is 3.02. The molecular formula is C14H9F3OS. The first-order chi connectivity index (χ1) is 9.02. The molecule has 0 N–H and O–H groups in total. The molecule has 0 saturated carbocycles. The highest BCUT2D eigenvalue weighted by atomic mass is 32.2. The molecule has 0 unspecified atom stereocenters. The van der Waals surface area contributed by atoms with Crippen LogP contribution in [0.1, 0.15) is 5.56 Å². The molecule has 0 fully saturated rings. The van der Waals surface area contributed by atoms with E-state index in [1.165, 1.54) is 6.07 Å². The summed E-state index contributed by atoms with van der Waals surface area (Å²) in [5.74, 6) is 0. The van der Waals surface area contributed by atoms with Gasteiger partial charge < -0.3 is 4.42 Å². The Morgan fingerprint density at radius 3 is 2.42 bits per heavy atom. The summed E-state index contributed by atoms with van der Waals surface area (Å²) in [4.78, 5) is 0. The number of rotatable bonds is 1. The minimum atomic E-state index is -4.41. The first-order valence-electron chi connectivity index (χ1n) is 5.58. The molecule has 0 aliphatic carbocycles. The zero-order valence-corrected chi connectivity index (χ0v) is 10.7. The lowest BCUT2D eigenvalue weighted by molar-refractivity contribution is -0.139. The largest absolute Gasteiger partial charge is 0.449 e. The van der Waals surface area contributed by atoms with Gasteiger partial charge in [0.1, 0.15) is 11.1 Å². The normalized spacial score (nSPS) is 12.4. The number of benzene rings is 2. The first-order valence-corrected chi connectivity index (χ1v) is 6.80. The Bertz CT molecular complexity index is 758. The molecule has 1 heterocycles. The van der Waals surface area contributed by atoms with E-state index in [9.17, 15) is 13.2 Å². The van der Waals surface area contributed by atoms with Crippen molar-refractivity contribution in [3.05, 3.63) is 42.0 Å². The van der Waals surface area contributed by atoms with E-state index in [-0.39, 0.29) is 10.5 Å². The van der Waals surface area contributed by atoms with Crippen LogP contribution in [0.4, 0.5) is 13.2 Å². The van der Waals surface area contributed by atoms with Gasteiger partial charge in [-0.1, -0.05) is 42.1 Å². The SMILES string of the molecule is CSc1oc2c(ccc3ccccc32)c1C(F)(F)F. The summed E-state index contributed by atoms with van der Waals surface area (Å²) in [6, 6.07) is 10.4. The van der Waals surface area contributed by atoms with Gasteiger partial charge in [-0.3, -0.25) is 0 Å². The Kier molecular flexibility index (Phi) is 2.74. The summed E-state index contributed by atoms with van der Waals surface area (Å²) in [6.07, 6.45) is -2.83. The molecule has 0 aliphatic heterocycles. The fourth-order valence-corrected chi connectivity index (χ4v) is 2.81. The lowest BCUT2D eigenvalue weighted by Crippen LogP contribution is -2.05. The van der Waals surface area contributed by atoms with Crippen molar-refractivity contribution < 1.29 is 17.6 Å². The van der Waals surface area contributed by atoms with Gasteiger partial charge in [0.2, 0.25) is 0 Å². The van der Waals surface area contributed by atoms with Gasteiger partial charge in [0.15, 0.2) is 5.09 Å². The average Bonchev–Trinajstić information content (AvgIpc) is 2.77. The van der Waals surface area contributed by atoms with Crippen LogP contribution in [0, 0.1) is 0 Å². The number of furan rings is 1. The van der Waals surface area contributed by atoms with Crippen molar-refractivity contribution >= 4 is 33.5 Å². The molecule has 2 aromatic carbocycles. The second-order valence-corrected chi connectivity index (χ2v) is 4.91. The van der Waals surface area contributed by atoms with Crippen LogP contribution in [0.25, 0.3) is 21.7 Å². The summed E-state index contributed by atoms with van der Waals surface area (Å²) < 4.78 is 44.8. The average molecular weight is 282 g/mol. The van der Waals surface area contributed by atoms with Crippen molar-refractivity contribution in [3.63, 3.8) is 0 Å². The summed E-state index contributed by atoms with van der Waals surface area (Å²) in [5.41, 5.74) is -0.379. The fraction of sp³-hybridized carbons (Fsp3) is 0.143. The van der Waals surface area contributed by atoms with Crippen molar-refractivity contribution in [2.75, 3.05) is 6.26 Å². The molecule has 98 valence electrons. The standard InChI is InChI=1S/C14H9F3OS/c1-19-13-11(14(15,16)17)10-7-6-8-4-2-3-5-9(8)12(10)18-13/h2-7H,1H3.